The summed E-state index contributed by atoms with van der Waals surface area (Å²) in [6.45, 7) is 5.64. The first-order chi connectivity index (χ1) is 15.3. The van der Waals surface area contributed by atoms with Gasteiger partial charge in [-0.25, -0.2) is 13.1 Å². The summed E-state index contributed by atoms with van der Waals surface area (Å²) in [7, 11) is -0.509. The number of hydrogen-bond donors (Lipinski definition) is 1. The van der Waals surface area contributed by atoms with Crippen LogP contribution in [0.25, 0.3) is 11.3 Å². The zero-order valence-electron chi connectivity index (χ0n) is 18.8. The summed E-state index contributed by atoms with van der Waals surface area (Å²) < 4.78 is 44.2. The Kier molecular flexibility index (Phi) is 7.32. The largest absolute Gasteiger partial charge is 0.497 e. The summed E-state index contributed by atoms with van der Waals surface area (Å²) in [4.78, 5) is 0.233. The predicted molar refractivity (Wildman–Crippen MR) is 122 cm³/mol. The average Bonchev–Trinajstić information content (AvgIpc) is 2.80. The molecule has 170 valence electrons. The zero-order chi connectivity index (χ0) is 23.3. The van der Waals surface area contributed by atoms with Crippen molar-refractivity contribution in [2.45, 2.75) is 25.7 Å². The van der Waals surface area contributed by atoms with Gasteiger partial charge < -0.3 is 14.2 Å². The van der Waals surface area contributed by atoms with Gasteiger partial charge in [0, 0.05) is 18.2 Å². The van der Waals surface area contributed by atoms with Gasteiger partial charge in [-0.2, -0.15) is 0 Å². The third-order valence-electron chi connectivity index (χ3n) is 5.14. The molecule has 1 aromatic heterocycles. The van der Waals surface area contributed by atoms with Gasteiger partial charge in [-0.3, -0.25) is 0 Å². The average molecular weight is 458 g/mol. The number of benzene rings is 2. The highest BCUT2D eigenvalue weighted by molar-refractivity contribution is 7.89. The summed E-state index contributed by atoms with van der Waals surface area (Å²) in [6.07, 6.45) is 0. The summed E-state index contributed by atoms with van der Waals surface area (Å²) in [5.41, 5.74) is 3.82. The molecule has 1 heterocycles. The molecule has 3 aromatic rings. The van der Waals surface area contributed by atoms with E-state index in [1.54, 1.807) is 39.3 Å². The van der Waals surface area contributed by atoms with Crippen LogP contribution in [0, 0.1) is 20.8 Å². The van der Waals surface area contributed by atoms with Crippen molar-refractivity contribution in [1.29, 1.82) is 0 Å². The van der Waals surface area contributed by atoms with Crippen LogP contribution in [0.15, 0.2) is 47.4 Å². The van der Waals surface area contributed by atoms with Crippen molar-refractivity contribution >= 4 is 10.0 Å². The fourth-order valence-corrected chi connectivity index (χ4v) is 4.73. The molecule has 0 saturated heterocycles. The molecule has 9 heteroatoms. The van der Waals surface area contributed by atoms with Crippen molar-refractivity contribution < 1.29 is 22.6 Å². The van der Waals surface area contributed by atoms with E-state index in [1.807, 2.05) is 38.1 Å². The minimum atomic E-state index is -3.70. The normalized spacial score (nSPS) is 11.3. The Morgan fingerprint density at radius 3 is 2.22 bits per heavy atom. The van der Waals surface area contributed by atoms with Gasteiger partial charge in [-0.1, -0.05) is 0 Å². The van der Waals surface area contributed by atoms with Gasteiger partial charge in [0.05, 0.1) is 24.8 Å². The first-order valence-corrected chi connectivity index (χ1v) is 11.5. The second-order valence-electron chi connectivity index (χ2n) is 7.21. The van der Waals surface area contributed by atoms with E-state index in [1.165, 1.54) is 0 Å². The van der Waals surface area contributed by atoms with E-state index >= 15 is 0 Å². The summed E-state index contributed by atoms with van der Waals surface area (Å²) in [5, 5.41) is 8.21. The molecule has 0 spiro atoms. The Morgan fingerprint density at radius 1 is 0.906 bits per heavy atom. The second-order valence-corrected chi connectivity index (χ2v) is 8.94. The monoisotopic (exact) mass is 457 g/mol. The van der Waals surface area contributed by atoms with Crippen LogP contribution in [0.5, 0.6) is 17.4 Å². The molecule has 8 nitrogen and oxygen atoms in total. The fraction of sp³-hybridized carbons (Fsp3) is 0.304. The minimum Gasteiger partial charge on any atom is -0.497 e. The van der Waals surface area contributed by atoms with E-state index in [9.17, 15) is 8.42 Å². The Morgan fingerprint density at radius 2 is 1.62 bits per heavy atom. The number of rotatable bonds is 9. The third kappa shape index (κ3) is 5.17. The molecule has 0 bridgehead atoms. The number of hydrogen-bond acceptors (Lipinski definition) is 7. The van der Waals surface area contributed by atoms with Gasteiger partial charge in [0.25, 0.3) is 0 Å². The molecule has 1 N–H and O–H groups in total. The molecule has 0 aliphatic rings. The number of aryl methyl sites for hydroxylation is 1. The van der Waals surface area contributed by atoms with E-state index in [0.717, 1.165) is 22.4 Å². The highest BCUT2D eigenvalue weighted by Crippen LogP contribution is 2.30. The SMILES string of the molecule is COc1ccc(-c2ccc(OCCNS(=O)(=O)c3cc(C)c(OC)c(C)c3C)nn2)cc1. The standard InChI is InChI=1S/C23H27N3O5S/c1-15-14-21(16(2)17(3)23(15)30-5)32(27,28)24-12-13-31-22-11-10-20(25-26-22)18-6-8-19(29-4)9-7-18/h6-11,14,24H,12-13H2,1-5H3. The molecule has 0 aliphatic carbocycles. The van der Waals surface area contributed by atoms with Crippen LogP contribution < -0.4 is 18.9 Å². The van der Waals surface area contributed by atoms with E-state index in [0.29, 0.717) is 22.9 Å². The Bertz CT molecular complexity index is 1180. The lowest BCUT2D eigenvalue weighted by Gasteiger charge is -2.16. The van der Waals surface area contributed by atoms with Crippen molar-refractivity contribution in [3.05, 3.63) is 59.2 Å². The number of nitrogens with zero attached hydrogens (tertiary/aromatic N) is 2. The van der Waals surface area contributed by atoms with Crippen LogP contribution in [-0.2, 0) is 10.0 Å². The van der Waals surface area contributed by atoms with Gasteiger partial charge >= 0.3 is 0 Å². The maximum atomic E-state index is 12.8. The molecular formula is C23H27N3O5S. The summed E-state index contributed by atoms with van der Waals surface area (Å²) >= 11 is 0. The van der Waals surface area contributed by atoms with Crippen LogP contribution in [0.2, 0.25) is 0 Å². The number of nitrogens with one attached hydrogen (secondary N) is 1. The number of aromatic nitrogens is 2. The first kappa shape index (κ1) is 23.5. The van der Waals surface area contributed by atoms with Gasteiger partial charge in [0.15, 0.2) is 0 Å². The highest BCUT2D eigenvalue weighted by Gasteiger charge is 2.21. The number of sulfonamides is 1. The Hall–Kier alpha value is -3.17. The highest BCUT2D eigenvalue weighted by atomic mass is 32.2. The lowest BCUT2D eigenvalue weighted by molar-refractivity contribution is 0.307. The van der Waals surface area contributed by atoms with Crippen LogP contribution in [0.1, 0.15) is 16.7 Å². The van der Waals surface area contributed by atoms with Gasteiger partial charge in [0.2, 0.25) is 15.9 Å². The Balaban J connectivity index is 1.59. The van der Waals surface area contributed by atoms with Crippen LogP contribution >= 0.6 is 0 Å². The van der Waals surface area contributed by atoms with Crippen molar-refractivity contribution in [2.75, 3.05) is 27.4 Å². The van der Waals surface area contributed by atoms with E-state index in [-0.39, 0.29) is 18.0 Å². The summed E-state index contributed by atoms with van der Waals surface area (Å²) in [5.74, 6) is 1.77. The van der Waals surface area contributed by atoms with Gasteiger partial charge in [-0.15, -0.1) is 10.2 Å². The molecule has 0 radical (unpaired) electrons. The Labute approximate surface area is 188 Å². The van der Waals surface area contributed by atoms with E-state index in [2.05, 4.69) is 14.9 Å². The molecule has 2 aromatic carbocycles. The van der Waals surface area contributed by atoms with Crippen molar-refractivity contribution in [3.63, 3.8) is 0 Å². The molecule has 0 unspecified atom stereocenters. The minimum absolute atomic E-state index is 0.0911. The molecule has 0 amide bonds. The topological polar surface area (TPSA) is 99.6 Å². The molecule has 0 saturated carbocycles. The number of methoxy groups -OCH3 is 2. The zero-order valence-corrected chi connectivity index (χ0v) is 19.6. The van der Waals surface area contributed by atoms with Crippen LogP contribution in [0.3, 0.4) is 0 Å². The second kappa shape index (κ2) is 9.97. The van der Waals surface area contributed by atoms with Crippen molar-refractivity contribution in [2.24, 2.45) is 0 Å². The van der Waals surface area contributed by atoms with E-state index in [4.69, 9.17) is 14.2 Å². The maximum Gasteiger partial charge on any atom is 0.240 e. The van der Waals surface area contributed by atoms with Crippen LogP contribution in [0.4, 0.5) is 0 Å². The molecule has 3 rings (SSSR count). The lowest BCUT2D eigenvalue weighted by atomic mass is 10.1. The van der Waals surface area contributed by atoms with Gasteiger partial charge in [0.1, 0.15) is 18.1 Å². The quantitative estimate of drug-likeness (QED) is 0.491. The lowest BCUT2D eigenvalue weighted by Crippen LogP contribution is -2.29. The van der Waals surface area contributed by atoms with Crippen molar-refractivity contribution in [3.8, 4) is 28.6 Å². The molecule has 0 atom stereocenters. The van der Waals surface area contributed by atoms with Gasteiger partial charge in [-0.05, 0) is 73.9 Å². The summed E-state index contributed by atoms with van der Waals surface area (Å²) in [6, 6.07) is 12.6. The first-order valence-electron chi connectivity index (χ1n) is 10.0. The molecule has 0 aliphatic heterocycles. The van der Waals surface area contributed by atoms with Crippen LogP contribution in [-0.4, -0.2) is 46.0 Å². The molecule has 0 fully saturated rings. The smallest absolute Gasteiger partial charge is 0.240 e. The number of ether oxygens (including phenoxy) is 3. The van der Waals surface area contributed by atoms with E-state index < -0.39 is 10.0 Å². The maximum absolute atomic E-state index is 12.8. The predicted octanol–water partition coefficient (Wildman–Crippen LogP) is 3.44. The molecule has 32 heavy (non-hydrogen) atoms. The fourth-order valence-electron chi connectivity index (χ4n) is 3.34. The molecular weight excluding hydrogens is 430 g/mol. The van der Waals surface area contributed by atoms with Crippen molar-refractivity contribution in [1.82, 2.24) is 14.9 Å². The third-order valence-corrected chi connectivity index (χ3v) is 6.73.